The Kier molecular flexibility index (Phi) is 6.98. The molecule has 0 fully saturated rings. The Hall–Kier alpha value is -6.64. The normalized spacial score (nSPS) is 14.4. The van der Waals surface area contributed by atoms with Crippen LogP contribution in [0.2, 0.25) is 0 Å². The minimum atomic E-state index is -0.0989. The number of para-hydroxylation sites is 1. The first-order chi connectivity index (χ1) is 27.3. The van der Waals surface area contributed by atoms with Gasteiger partial charge in [0.25, 0.3) is 0 Å². The fourth-order valence-corrected chi connectivity index (χ4v) is 9.90. The largest absolute Gasteiger partial charge is 0.455 e. The summed E-state index contributed by atoms with van der Waals surface area (Å²) in [7, 11) is 0. The number of furan rings is 1. The van der Waals surface area contributed by atoms with E-state index in [2.05, 4.69) is 209 Å². The number of rotatable bonds is 5. The summed E-state index contributed by atoms with van der Waals surface area (Å²) in [6.45, 7) is 9.38. The molecule has 56 heavy (non-hydrogen) atoms. The maximum absolute atomic E-state index is 7.00. The molecule has 0 spiro atoms. The van der Waals surface area contributed by atoms with Gasteiger partial charge in [-0.2, -0.15) is 0 Å². The maximum atomic E-state index is 7.00. The fourth-order valence-electron chi connectivity index (χ4n) is 9.90. The lowest BCUT2D eigenvalue weighted by Gasteiger charge is -2.28. The van der Waals surface area contributed by atoms with Crippen molar-refractivity contribution in [1.82, 2.24) is 0 Å². The van der Waals surface area contributed by atoms with E-state index in [4.69, 9.17) is 4.42 Å². The summed E-state index contributed by atoms with van der Waals surface area (Å²) in [6.07, 6.45) is 0. The van der Waals surface area contributed by atoms with Gasteiger partial charge in [0.05, 0.1) is 11.1 Å². The number of benzene rings is 8. The van der Waals surface area contributed by atoms with Crippen molar-refractivity contribution in [3.8, 4) is 44.5 Å². The van der Waals surface area contributed by atoms with Gasteiger partial charge in [-0.05, 0) is 104 Å². The molecule has 2 aliphatic rings. The van der Waals surface area contributed by atoms with Crippen LogP contribution in [0, 0.1) is 0 Å². The molecule has 0 radical (unpaired) electrons. The van der Waals surface area contributed by atoms with Gasteiger partial charge in [0.2, 0.25) is 0 Å². The maximum Gasteiger partial charge on any atom is 0.145 e. The summed E-state index contributed by atoms with van der Waals surface area (Å²) in [4.78, 5) is 2.44. The summed E-state index contributed by atoms with van der Waals surface area (Å²) in [5.41, 5.74) is 20.2. The van der Waals surface area contributed by atoms with Gasteiger partial charge in [-0.25, -0.2) is 0 Å². The van der Waals surface area contributed by atoms with Crippen molar-refractivity contribution in [3.05, 3.63) is 198 Å². The molecule has 0 N–H and O–H groups in total. The third-order valence-electron chi connectivity index (χ3n) is 12.7. The predicted molar refractivity (Wildman–Crippen MR) is 234 cm³/mol. The molecule has 9 aromatic rings. The molecule has 0 aliphatic heterocycles. The summed E-state index contributed by atoms with van der Waals surface area (Å²) < 4.78 is 7.00. The van der Waals surface area contributed by atoms with Gasteiger partial charge in [-0.15, -0.1) is 0 Å². The van der Waals surface area contributed by atoms with Crippen LogP contribution in [-0.4, -0.2) is 0 Å². The zero-order chi connectivity index (χ0) is 37.8. The van der Waals surface area contributed by atoms with Crippen LogP contribution in [0.3, 0.4) is 0 Å². The molecule has 2 heteroatoms. The average molecular weight is 720 g/mol. The minimum absolute atomic E-state index is 0.0780. The molecule has 1 heterocycles. The van der Waals surface area contributed by atoms with Crippen LogP contribution in [0.1, 0.15) is 49.9 Å². The highest BCUT2D eigenvalue weighted by Gasteiger charge is 2.38. The lowest BCUT2D eigenvalue weighted by atomic mass is 9.82. The van der Waals surface area contributed by atoms with E-state index < -0.39 is 0 Å². The van der Waals surface area contributed by atoms with Crippen molar-refractivity contribution in [2.75, 3.05) is 4.90 Å². The Labute approximate surface area is 328 Å². The number of hydrogen-bond donors (Lipinski definition) is 0. The monoisotopic (exact) mass is 719 g/mol. The third-order valence-corrected chi connectivity index (χ3v) is 12.7. The number of fused-ring (bicyclic) bond motifs is 9. The highest BCUT2D eigenvalue weighted by atomic mass is 16.3. The van der Waals surface area contributed by atoms with Gasteiger partial charge in [0, 0.05) is 33.2 Å². The van der Waals surface area contributed by atoms with E-state index >= 15 is 0 Å². The van der Waals surface area contributed by atoms with Gasteiger partial charge in [0.15, 0.2) is 0 Å². The zero-order valence-electron chi connectivity index (χ0n) is 32.1. The van der Waals surface area contributed by atoms with E-state index in [1.54, 1.807) is 0 Å². The van der Waals surface area contributed by atoms with Crippen LogP contribution in [0.5, 0.6) is 0 Å². The van der Waals surface area contributed by atoms with E-state index in [9.17, 15) is 0 Å². The van der Waals surface area contributed by atoms with E-state index in [1.807, 2.05) is 0 Å². The summed E-state index contributed by atoms with van der Waals surface area (Å²) in [6, 6.07) is 64.4. The van der Waals surface area contributed by atoms with Gasteiger partial charge < -0.3 is 9.32 Å². The quantitative estimate of drug-likeness (QED) is 0.176. The Morgan fingerprint density at radius 3 is 1.80 bits per heavy atom. The van der Waals surface area contributed by atoms with Crippen molar-refractivity contribution >= 4 is 39.0 Å². The van der Waals surface area contributed by atoms with E-state index in [-0.39, 0.29) is 10.8 Å². The highest BCUT2D eigenvalue weighted by Crippen LogP contribution is 2.55. The van der Waals surface area contributed by atoms with E-state index in [1.165, 1.54) is 61.2 Å². The molecule has 2 aliphatic carbocycles. The molecule has 11 rings (SSSR count). The lowest BCUT2D eigenvalue weighted by molar-refractivity contribution is 0.660. The average Bonchev–Trinajstić information content (AvgIpc) is 3.82. The topological polar surface area (TPSA) is 16.4 Å². The lowest BCUT2D eigenvalue weighted by Crippen LogP contribution is -2.15. The number of anilines is 3. The smallest absolute Gasteiger partial charge is 0.145 e. The number of nitrogens with zero attached hydrogens (tertiary/aromatic N) is 1. The second-order valence-corrected chi connectivity index (χ2v) is 16.5. The minimum Gasteiger partial charge on any atom is -0.455 e. The summed E-state index contributed by atoms with van der Waals surface area (Å²) in [5, 5.41) is 2.21. The zero-order valence-corrected chi connectivity index (χ0v) is 32.1. The molecule has 0 atom stereocenters. The van der Waals surface area contributed by atoms with Gasteiger partial charge in [-0.1, -0.05) is 161 Å². The Morgan fingerprint density at radius 1 is 0.411 bits per heavy atom. The van der Waals surface area contributed by atoms with Crippen LogP contribution >= 0.6 is 0 Å². The molecule has 1 aromatic heterocycles. The molecule has 0 saturated heterocycles. The Morgan fingerprint density at radius 2 is 1.00 bits per heavy atom. The summed E-state index contributed by atoms with van der Waals surface area (Å²) >= 11 is 0. The molecular formula is C54H41NO. The molecular weight excluding hydrogens is 679 g/mol. The van der Waals surface area contributed by atoms with Crippen molar-refractivity contribution in [2.45, 2.75) is 38.5 Å². The van der Waals surface area contributed by atoms with Crippen LogP contribution in [0.15, 0.2) is 180 Å². The van der Waals surface area contributed by atoms with Gasteiger partial charge in [0.1, 0.15) is 11.2 Å². The molecule has 0 saturated carbocycles. The van der Waals surface area contributed by atoms with Gasteiger partial charge in [-0.3, -0.25) is 0 Å². The van der Waals surface area contributed by atoms with E-state index in [0.29, 0.717) is 0 Å². The van der Waals surface area contributed by atoms with Crippen LogP contribution in [0.25, 0.3) is 66.4 Å². The summed E-state index contributed by atoms with van der Waals surface area (Å²) in [5.74, 6) is 0. The SMILES string of the molecule is CC1(C)c2ccccc2-c2cc(N(c3ccc(-c4ccccc4)cc3)c3ccc(-c4cccc5c4-c4ccccc4C5(C)C)c4oc5ccccc5c34)ccc21. The molecule has 268 valence electrons. The predicted octanol–water partition coefficient (Wildman–Crippen LogP) is 15.0. The van der Waals surface area contributed by atoms with E-state index in [0.717, 1.165) is 44.6 Å². The van der Waals surface area contributed by atoms with Crippen molar-refractivity contribution in [3.63, 3.8) is 0 Å². The van der Waals surface area contributed by atoms with Crippen molar-refractivity contribution in [1.29, 1.82) is 0 Å². The van der Waals surface area contributed by atoms with Crippen molar-refractivity contribution < 1.29 is 4.42 Å². The second-order valence-electron chi connectivity index (χ2n) is 16.5. The van der Waals surface area contributed by atoms with Crippen molar-refractivity contribution in [2.24, 2.45) is 0 Å². The molecule has 0 amide bonds. The van der Waals surface area contributed by atoms with Crippen LogP contribution in [-0.2, 0) is 10.8 Å². The number of hydrogen-bond acceptors (Lipinski definition) is 2. The molecule has 2 nitrogen and oxygen atoms in total. The first-order valence-electron chi connectivity index (χ1n) is 19.7. The first kappa shape index (κ1) is 32.8. The highest BCUT2D eigenvalue weighted by molar-refractivity contribution is 6.18. The Bertz CT molecular complexity index is 3020. The van der Waals surface area contributed by atoms with Gasteiger partial charge >= 0.3 is 0 Å². The second kappa shape index (κ2) is 11.9. The fraction of sp³-hybridized carbons (Fsp3) is 0.111. The van der Waals surface area contributed by atoms with Crippen LogP contribution in [0.4, 0.5) is 17.1 Å². The standard InChI is InChI=1S/C54H41NO/c1-53(2)44-21-11-8-17-38(44)43-33-37(29-31-46(43)53)55(36-27-25-35(26-28-36)34-15-6-5-7-16-34)48-32-30-40(52-51(48)42-19-10-13-24-49(42)56-52)39-20-14-23-47-50(39)41-18-9-12-22-45(41)54(47,3)4/h5-33H,1-4H3. The molecule has 0 unspecified atom stereocenters. The molecule has 0 bridgehead atoms. The molecule has 8 aromatic carbocycles. The third kappa shape index (κ3) is 4.62. The Balaban J connectivity index is 1.17. The first-order valence-corrected chi connectivity index (χ1v) is 19.7. The van der Waals surface area contributed by atoms with Crippen LogP contribution < -0.4 is 4.90 Å².